The van der Waals surface area contributed by atoms with Crippen LogP contribution >= 0.6 is 12.4 Å². The van der Waals surface area contributed by atoms with Crippen LogP contribution in [-0.2, 0) is 0 Å². The van der Waals surface area contributed by atoms with Crippen molar-refractivity contribution in [2.75, 3.05) is 25.1 Å². The molecule has 3 N–H and O–H groups in total. The molecule has 1 atom stereocenters. The Morgan fingerprint density at radius 1 is 1.33 bits per heavy atom. The molecule has 1 aliphatic carbocycles. The topological polar surface area (TPSA) is 97.8 Å². The molecule has 164 valence electrons. The normalized spacial score (nSPS) is 19.1. The van der Waals surface area contributed by atoms with E-state index in [2.05, 4.69) is 0 Å². The number of carboxylic acids is 1. The van der Waals surface area contributed by atoms with E-state index in [-0.39, 0.29) is 46.6 Å². The highest BCUT2D eigenvalue weighted by molar-refractivity contribution is 5.97. The minimum atomic E-state index is -1.32. The smallest absolute Gasteiger partial charge is 0.341 e. The first-order chi connectivity index (χ1) is 13.6. The molecule has 1 saturated carbocycles. The van der Waals surface area contributed by atoms with Crippen LogP contribution in [0.1, 0.15) is 49.5 Å². The Labute approximate surface area is 180 Å². The Bertz CT molecular complexity index is 1060. The van der Waals surface area contributed by atoms with Gasteiger partial charge in [0.1, 0.15) is 11.3 Å². The van der Waals surface area contributed by atoms with Gasteiger partial charge < -0.3 is 25.0 Å². The molecule has 0 amide bonds. The minimum absolute atomic E-state index is 0. The summed E-state index contributed by atoms with van der Waals surface area (Å²) in [5.74, 6) is -1.44. The summed E-state index contributed by atoms with van der Waals surface area (Å²) in [4.78, 5) is 26.2. The number of fused-ring (bicyclic) bond motifs is 1. The molecule has 30 heavy (non-hydrogen) atoms. The summed E-state index contributed by atoms with van der Waals surface area (Å²) < 4.78 is 22.6. The number of aromatic nitrogens is 1. The van der Waals surface area contributed by atoms with Crippen molar-refractivity contribution in [3.63, 3.8) is 0 Å². The van der Waals surface area contributed by atoms with Crippen LogP contribution in [0.5, 0.6) is 5.75 Å². The highest BCUT2D eigenvalue weighted by atomic mass is 35.5. The van der Waals surface area contributed by atoms with Crippen molar-refractivity contribution in [2.45, 2.75) is 44.7 Å². The number of ether oxygens (including phenoxy) is 1. The molecule has 2 heterocycles. The largest absolute Gasteiger partial charge is 0.492 e. The van der Waals surface area contributed by atoms with Gasteiger partial charge in [0.05, 0.1) is 18.0 Å². The van der Waals surface area contributed by atoms with Crippen molar-refractivity contribution in [2.24, 2.45) is 11.7 Å². The maximum Gasteiger partial charge on any atom is 0.341 e. The number of nitrogens with zero attached hydrogens (tertiary/aromatic N) is 2. The zero-order valence-electron chi connectivity index (χ0n) is 17.3. The Morgan fingerprint density at radius 2 is 2.00 bits per heavy atom. The van der Waals surface area contributed by atoms with Gasteiger partial charge in [0.15, 0.2) is 11.6 Å². The fourth-order valence-electron chi connectivity index (χ4n) is 4.29. The van der Waals surface area contributed by atoms with Crippen LogP contribution in [0.15, 0.2) is 17.1 Å². The summed E-state index contributed by atoms with van der Waals surface area (Å²) in [6, 6.07) is 1.24. The standard InChI is InChI=1S/C21H26FN3O4.ClH/c1-21(2,23)11-6-7-24(9-11)17-15(22)8-13-16(19(17)29-3)25(12-4-5-12)10-14(18(13)26)20(27)28;/h8,10-12H,4-7,9,23H2,1-3H3,(H,27,28);1H/t11-;/m1./s1. The number of rotatable bonds is 5. The summed E-state index contributed by atoms with van der Waals surface area (Å²) >= 11 is 0. The van der Waals surface area contributed by atoms with Gasteiger partial charge in [-0.3, -0.25) is 4.79 Å². The molecule has 2 aromatic rings. The van der Waals surface area contributed by atoms with Crippen LogP contribution in [0, 0.1) is 11.7 Å². The van der Waals surface area contributed by atoms with Crippen molar-refractivity contribution >= 4 is 35.0 Å². The minimum Gasteiger partial charge on any atom is -0.492 e. The lowest BCUT2D eigenvalue weighted by atomic mass is 9.88. The summed E-state index contributed by atoms with van der Waals surface area (Å²) in [5.41, 5.74) is 5.59. The Morgan fingerprint density at radius 3 is 2.50 bits per heavy atom. The molecule has 2 aliphatic rings. The molecule has 1 aliphatic heterocycles. The van der Waals surface area contributed by atoms with Gasteiger partial charge in [0.2, 0.25) is 5.43 Å². The number of benzene rings is 1. The second-order valence-electron chi connectivity index (χ2n) is 8.70. The van der Waals surface area contributed by atoms with Gasteiger partial charge in [0.25, 0.3) is 0 Å². The van der Waals surface area contributed by atoms with Gasteiger partial charge in [0, 0.05) is 30.9 Å². The number of pyridine rings is 1. The van der Waals surface area contributed by atoms with Crippen LogP contribution < -0.4 is 20.8 Å². The number of methoxy groups -OCH3 is 1. The molecule has 9 heteroatoms. The van der Waals surface area contributed by atoms with Crippen molar-refractivity contribution in [1.82, 2.24) is 4.57 Å². The number of halogens is 2. The number of carbonyl (C=O) groups is 1. The summed E-state index contributed by atoms with van der Waals surface area (Å²) in [7, 11) is 1.45. The molecule has 0 bridgehead atoms. The van der Waals surface area contributed by atoms with Gasteiger partial charge in [-0.05, 0) is 45.1 Å². The first-order valence-electron chi connectivity index (χ1n) is 9.86. The van der Waals surface area contributed by atoms with E-state index in [0.29, 0.717) is 24.3 Å². The number of nitrogens with two attached hydrogens (primary N) is 1. The first-order valence-corrected chi connectivity index (χ1v) is 9.86. The number of anilines is 1. The lowest BCUT2D eigenvalue weighted by Gasteiger charge is -2.28. The van der Waals surface area contributed by atoms with Crippen LogP contribution in [0.25, 0.3) is 10.9 Å². The van der Waals surface area contributed by atoms with Crippen molar-refractivity contribution in [3.05, 3.63) is 33.9 Å². The molecule has 4 rings (SSSR count). The summed E-state index contributed by atoms with van der Waals surface area (Å²) in [6.45, 7) is 5.15. The van der Waals surface area contributed by atoms with Crippen LogP contribution in [0.2, 0.25) is 0 Å². The molecule has 2 fully saturated rings. The number of carboxylic acid groups (broad SMARTS) is 1. The van der Waals surface area contributed by atoms with Gasteiger partial charge in [-0.25, -0.2) is 9.18 Å². The third kappa shape index (κ3) is 3.63. The molecule has 7 nitrogen and oxygen atoms in total. The van der Waals surface area contributed by atoms with E-state index in [1.54, 1.807) is 4.57 Å². The van der Waals surface area contributed by atoms with Crippen LogP contribution in [-0.4, -0.2) is 41.4 Å². The Hall–Kier alpha value is -2.32. The predicted octanol–water partition coefficient (Wildman–Crippen LogP) is 3.17. The maximum absolute atomic E-state index is 15.3. The molecule has 0 radical (unpaired) electrons. The fourth-order valence-corrected chi connectivity index (χ4v) is 4.29. The van der Waals surface area contributed by atoms with Gasteiger partial charge in [-0.1, -0.05) is 0 Å². The summed E-state index contributed by atoms with van der Waals surface area (Å²) in [5, 5.41) is 9.45. The highest BCUT2D eigenvalue weighted by Gasteiger charge is 2.36. The van der Waals surface area contributed by atoms with E-state index in [1.807, 2.05) is 18.7 Å². The average molecular weight is 440 g/mol. The quantitative estimate of drug-likeness (QED) is 0.742. The third-order valence-electron chi connectivity index (χ3n) is 6.13. The van der Waals surface area contributed by atoms with E-state index in [1.165, 1.54) is 13.3 Å². The van der Waals surface area contributed by atoms with Crippen molar-refractivity contribution < 1.29 is 19.0 Å². The predicted molar refractivity (Wildman–Crippen MR) is 116 cm³/mol. The summed E-state index contributed by atoms with van der Waals surface area (Å²) in [6.07, 6.45) is 3.95. The monoisotopic (exact) mass is 439 g/mol. The lowest BCUT2D eigenvalue weighted by molar-refractivity contribution is 0.0695. The molecule has 1 aromatic heterocycles. The maximum atomic E-state index is 15.3. The molecular formula is C21H27ClFN3O4. The Balaban J connectivity index is 0.00000256. The molecule has 0 unspecified atom stereocenters. The lowest BCUT2D eigenvalue weighted by Crippen LogP contribution is -2.42. The van der Waals surface area contributed by atoms with E-state index >= 15 is 4.39 Å². The first kappa shape index (κ1) is 22.4. The molecule has 1 aromatic carbocycles. The second kappa shape index (κ2) is 7.74. The van der Waals surface area contributed by atoms with E-state index < -0.39 is 17.2 Å². The van der Waals surface area contributed by atoms with Crippen LogP contribution in [0.3, 0.4) is 0 Å². The van der Waals surface area contributed by atoms with Crippen molar-refractivity contribution in [3.8, 4) is 5.75 Å². The number of hydrogen-bond acceptors (Lipinski definition) is 5. The third-order valence-corrected chi connectivity index (χ3v) is 6.13. The van der Waals surface area contributed by atoms with Gasteiger partial charge >= 0.3 is 5.97 Å². The number of aromatic carboxylic acids is 1. The molecular weight excluding hydrogens is 413 g/mol. The Kier molecular flexibility index (Phi) is 5.77. The van der Waals surface area contributed by atoms with E-state index in [0.717, 1.165) is 25.3 Å². The fraction of sp³-hybridized carbons (Fsp3) is 0.524. The van der Waals surface area contributed by atoms with Crippen LogP contribution in [0.4, 0.5) is 10.1 Å². The average Bonchev–Trinajstić information content (AvgIpc) is 3.36. The SMILES string of the molecule is COc1c(N2CC[C@@H](C(C)(C)N)C2)c(F)cc2c(=O)c(C(=O)O)cn(C3CC3)c12.Cl. The molecule has 0 spiro atoms. The van der Waals surface area contributed by atoms with Gasteiger partial charge in [-0.2, -0.15) is 0 Å². The number of hydrogen-bond donors (Lipinski definition) is 2. The van der Waals surface area contributed by atoms with Gasteiger partial charge in [-0.15, -0.1) is 12.4 Å². The zero-order chi connectivity index (χ0) is 21.1. The van der Waals surface area contributed by atoms with Crippen molar-refractivity contribution in [1.29, 1.82) is 0 Å². The second-order valence-corrected chi connectivity index (χ2v) is 8.70. The zero-order valence-corrected chi connectivity index (χ0v) is 18.1. The van der Waals surface area contributed by atoms with E-state index in [9.17, 15) is 14.7 Å². The molecule has 1 saturated heterocycles. The van der Waals surface area contributed by atoms with E-state index in [4.69, 9.17) is 10.5 Å². The highest BCUT2D eigenvalue weighted by Crippen LogP contribution is 2.45.